The van der Waals surface area contributed by atoms with Crippen molar-refractivity contribution in [2.75, 3.05) is 0 Å². The molecule has 0 amide bonds. The molecule has 0 aliphatic heterocycles. The SMILES string of the molecule is Cc1c(-c2ccoc2)cc(OP(c2ccccc2)c2ccccc2)c2ccccc12. The average Bonchev–Trinajstić information content (AvgIpc) is 3.35. The molecule has 30 heavy (non-hydrogen) atoms. The quantitative estimate of drug-likeness (QED) is 0.297. The molecule has 0 saturated carbocycles. The van der Waals surface area contributed by atoms with Crippen LogP contribution >= 0.6 is 8.15 Å². The van der Waals surface area contributed by atoms with Gasteiger partial charge >= 0.3 is 0 Å². The summed E-state index contributed by atoms with van der Waals surface area (Å²) in [7, 11) is -1.00. The molecule has 0 fully saturated rings. The lowest BCUT2D eigenvalue weighted by Gasteiger charge is -2.22. The van der Waals surface area contributed by atoms with Crippen LogP contribution in [0, 0.1) is 6.92 Å². The average molecular weight is 408 g/mol. The highest BCUT2D eigenvalue weighted by atomic mass is 31.1. The Bertz CT molecular complexity index is 1220. The molecule has 0 unspecified atom stereocenters. The van der Waals surface area contributed by atoms with Crippen molar-refractivity contribution < 1.29 is 8.94 Å². The van der Waals surface area contributed by atoms with E-state index in [1.165, 1.54) is 21.6 Å². The van der Waals surface area contributed by atoms with Crippen molar-refractivity contribution in [2.24, 2.45) is 0 Å². The molecule has 0 spiro atoms. The predicted molar refractivity (Wildman–Crippen MR) is 126 cm³/mol. The van der Waals surface area contributed by atoms with Crippen LogP contribution in [0.15, 0.2) is 114 Å². The summed E-state index contributed by atoms with van der Waals surface area (Å²) < 4.78 is 12.2. The molecule has 3 heteroatoms. The minimum Gasteiger partial charge on any atom is -0.472 e. The molecule has 0 aliphatic carbocycles. The third-order valence-corrected chi connectivity index (χ3v) is 7.19. The van der Waals surface area contributed by atoms with E-state index in [0.29, 0.717) is 0 Å². The van der Waals surface area contributed by atoms with E-state index < -0.39 is 8.15 Å². The Morgan fingerprint density at radius 3 is 1.90 bits per heavy atom. The number of aryl methyl sites for hydroxylation is 1. The Morgan fingerprint density at radius 1 is 0.700 bits per heavy atom. The fourth-order valence-corrected chi connectivity index (χ4v) is 5.50. The van der Waals surface area contributed by atoms with E-state index in [2.05, 4.69) is 85.8 Å². The first-order valence-electron chi connectivity index (χ1n) is 9.94. The van der Waals surface area contributed by atoms with Gasteiger partial charge in [0.2, 0.25) is 0 Å². The van der Waals surface area contributed by atoms with E-state index in [1.807, 2.05) is 18.2 Å². The summed E-state index contributed by atoms with van der Waals surface area (Å²) in [6.07, 6.45) is 3.50. The second kappa shape index (κ2) is 8.18. The number of hydrogen-bond acceptors (Lipinski definition) is 2. The van der Waals surface area contributed by atoms with Gasteiger partial charge in [-0.15, -0.1) is 0 Å². The van der Waals surface area contributed by atoms with Crippen molar-refractivity contribution in [3.05, 3.63) is 115 Å². The smallest absolute Gasteiger partial charge is 0.150 e. The molecular formula is C27H21O2P. The Morgan fingerprint density at radius 2 is 1.30 bits per heavy atom. The van der Waals surface area contributed by atoms with Crippen LogP contribution in [0.4, 0.5) is 0 Å². The zero-order chi connectivity index (χ0) is 20.3. The van der Waals surface area contributed by atoms with Gasteiger partial charge in [-0.1, -0.05) is 84.9 Å². The van der Waals surface area contributed by atoms with E-state index in [9.17, 15) is 0 Å². The van der Waals surface area contributed by atoms with Gasteiger partial charge < -0.3 is 8.94 Å². The van der Waals surface area contributed by atoms with E-state index >= 15 is 0 Å². The van der Waals surface area contributed by atoms with Crippen LogP contribution in [0.5, 0.6) is 5.75 Å². The molecule has 0 N–H and O–H groups in total. The molecule has 0 saturated heterocycles. The Labute approximate surface area is 177 Å². The molecule has 1 aromatic heterocycles. The highest BCUT2D eigenvalue weighted by molar-refractivity contribution is 7.68. The minimum absolute atomic E-state index is 0.895. The molecule has 1 heterocycles. The lowest BCUT2D eigenvalue weighted by Crippen LogP contribution is -2.15. The molecular weight excluding hydrogens is 387 g/mol. The maximum absolute atomic E-state index is 6.83. The van der Waals surface area contributed by atoms with Crippen LogP contribution < -0.4 is 15.1 Å². The first kappa shape index (κ1) is 18.7. The van der Waals surface area contributed by atoms with Crippen LogP contribution in [0.2, 0.25) is 0 Å². The molecule has 0 radical (unpaired) electrons. The lowest BCUT2D eigenvalue weighted by atomic mass is 9.96. The van der Waals surface area contributed by atoms with E-state index in [4.69, 9.17) is 8.94 Å². The highest BCUT2D eigenvalue weighted by Crippen LogP contribution is 2.43. The van der Waals surface area contributed by atoms with E-state index in [1.54, 1.807) is 12.5 Å². The first-order valence-corrected chi connectivity index (χ1v) is 11.2. The summed E-state index contributed by atoms with van der Waals surface area (Å²) in [5, 5.41) is 4.70. The highest BCUT2D eigenvalue weighted by Gasteiger charge is 2.20. The summed E-state index contributed by atoms with van der Waals surface area (Å²) in [6.45, 7) is 2.16. The first-order chi connectivity index (χ1) is 14.8. The monoisotopic (exact) mass is 408 g/mol. The molecule has 0 bridgehead atoms. The zero-order valence-electron chi connectivity index (χ0n) is 16.7. The van der Waals surface area contributed by atoms with Crippen molar-refractivity contribution in [1.82, 2.24) is 0 Å². The molecule has 0 atom stereocenters. The topological polar surface area (TPSA) is 22.4 Å². The summed E-state index contributed by atoms with van der Waals surface area (Å²) in [5.41, 5.74) is 3.42. The van der Waals surface area contributed by atoms with Crippen LogP contribution in [-0.4, -0.2) is 0 Å². The van der Waals surface area contributed by atoms with Crippen molar-refractivity contribution in [2.45, 2.75) is 6.92 Å². The van der Waals surface area contributed by atoms with Crippen molar-refractivity contribution in [1.29, 1.82) is 0 Å². The molecule has 4 aromatic carbocycles. The van der Waals surface area contributed by atoms with Crippen LogP contribution in [-0.2, 0) is 0 Å². The standard InChI is InChI=1S/C27H21O2P/c1-20-24-14-8-9-15-25(24)27(18-26(20)21-16-17-28-19-21)29-30(22-10-4-2-5-11-22)23-12-6-3-7-13-23/h2-19H,1H3. The van der Waals surface area contributed by atoms with Crippen molar-refractivity contribution >= 4 is 29.5 Å². The minimum atomic E-state index is -1.00. The van der Waals surface area contributed by atoms with Gasteiger partial charge in [0.15, 0.2) is 8.15 Å². The fourth-order valence-electron chi connectivity index (χ4n) is 3.76. The number of furan rings is 1. The molecule has 5 rings (SSSR count). The lowest BCUT2D eigenvalue weighted by molar-refractivity contribution is 0.568. The van der Waals surface area contributed by atoms with E-state index in [0.717, 1.165) is 22.3 Å². The Kier molecular flexibility index (Phi) is 5.09. The van der Waals surface area contributed by atoms with Crippen LogP contribution in [0.3, 0.4) is 0 Å². The normalized spacial score (nSPS) is 11.1. The van der Waals surface area contributed by atoms with Gasteiger partial charge in [-0.2, -0.15) is 0 Å². The van der Waals surface area contributed by atoms with Gasteiger partial charge in [0.1, 0.15) is 5.75 Å². The van der Waals surface area contributed by atoms with Gasteiger partial charge in [-0.3, -0.25) is 0 Å². The summed E-state index contributed by atoms with van der Waals surface area (Å²) in [5.74, 6) is 0.895. The third kappa shape index (κ3) is 3.51. The third-order valence-electron chi connectivity index (χ3n) is 5.28. The maximum atomic E-state index is 6.83. The summed E-state index contributed by atoms with van der Waals surface area (Å²) >= 11 is 0. The molecule has 5 aromatic rings. The number of hydrogen-bond donors (Lipinski definition) is 0. The number of fused-ring (bicyclic) bond motifs is 1. The van der Waals surface area contributed by atoms with Gasteiger partial charge in [0, 0.05) is 21.6 Å². The maximum Gasteiger partial charge on any atom is 0.150 e. The van der Waals surface area contributed by atoms with Gasteiger partial charge in [0.05, 0.1) is 12.5 Å². The number of rotatable bonds is 5. The molecule has 0 aliphatic rings. The van der Waals surface area contributed by atoms with Crippen molar-refractivity contribution in [3.63, 3.8) is 0 Å². The van der Waals surface area contributed by atoms with Gasteiger partial charge in [0.25, 0.3) is 0 Å². The van der Waals surface area contributed by atoms with Crippen LogP contribution in [0.25, 0.3) is 21.9 Å². The fraction of sp³-hybridized carbons (Fsp3) is 0.0370. The molecule has 146 valence electrons. The second-order valence-corrected chi connectivity index (χ2v) is 8.97. The Hall–Kier alpha value is -3.35. The summed E-state index contributed by atoms with van der Waals surface area (Å²) in [6, 6.07) is 33.5. The van der Waals surface area contributed by atoms with Crippen LogP contribution in [0.1, 0.15) is 5.56 Å². The largest absolute Gasteiger partial charge is 0.472 e. The summed E-state index contributed by atoms with van der Waals surface area (Å²) in [4.78, 5) is 0. The Balaban J connectivity index is 1.69. The number of benzene rings is 4. The van der Waals surface area contributed by atoms with Crippen molar-refractivity contribution in [3.8, 4) is 16.9 Å². The van der Waals surface area contributed by atoms with Gasteiger partial charge in [-0.25, -0.2) is 0 Å². The zero-order valence-corrected chi connectivity index (χ0v) is 17.6. The predicted octanol–water partition coefficient (Wildman–Crippen LogP) is 6.83. The van der Waals surface area contributed by atoms with E-state index in [-0.39, 0.29) is 0 Å². The molecule has 2 nitrogen and oxygen atoms in total. The van der Waals surface area contributed by atoms with Gasteiger partial charge in [-0.05, 0) is 35.6 Å². The second-order valence-electron chi connectivity index (χ2n) is 7.16.